The summed E-state index contributed by atoms with van der Waals surface area (Å²) in [6.07, 6.45) is -3.54. The summed E-state index contributed by atoms with van der Waals surface area (Å²) in [7, 11) is 1.32. The molecular formula is C13H12F3N5O3. The monoisotopic (exact) mass is 343 g/mol. The number of carbonyl (C=O) groups excluding carboxylic acids is 1. The predicted octanol–water partition coefficient (Wildman–Crippen LogP) is 1.86. The number of aromatic nitrogens is 2. The van der Waals surface area contributed by atoms with Gasteiger partial charge in [0.25, 0.3) is 11.6 Å². The second-order valence-electron chi connectivity index (χ2n) is 4.89. The van der Waals surface area contributed by atoms with Gasteiger partial charge in [-0.25, -0.2) is 0 Å². The van der Waals surface area contributed by atoms with Crippen molar-refractivity contribution in [2.75, 3.05) is 5.73 Å². The van der Waals surface area contributed by atoms with Crippen LogP contribution in [0.1, 0.15) is 21.6 Å². The van der Waals surface area contributed by atoms with Gasteiger partial charge in [0.2, 0.25) is 0 Å². The van der Waals surface area contributed by atoms with E-state index >= 15 is 0 Å². The maximum atomic E-state index is 12.8. The van der Waals surface area contributed by atoms with Crippen molar-refractivity contribution >= 4 is 17.3 Å². The lowest BCUT2D eigenvalue weighted by molar-refractivity contribution is -0.384. The van der Waals surface area contributed by atoms with Gasteiger partial charge in [0.15, 0.2) is 5.69 Å². The molecule has 0 aliphatic carbocycles. The first-order valence-electron chi connectivity index (χ1n) is 6.51. The molecule has 11 heteroatoms. The zero-order valence-electron chi connectivity index (χ0n) is 12.3. The molecule has 0 aliphatic heterocycles. The number of carbonyl (C=O) groups is 1. The number of hydrogen-bond acceptors (Lipinski definition) is 5. The molecule has 128 valence electrons. The number of anilines is 1. The molecule has 2 aromatic rings. The summed E-state index contributed by atoms with van der Waals surface area (Å²) >= 11 is 0. The normalized spacial score (nSPS) is 11.3. The maximum Gasteiger partial charge on any atom is 0.435 e. The van der Waals surface area contributed by atoms with Crippen LogP contribution in [0.3, 0.4) is 0 Å². The van der Waals surface area contributed by atoms with E-state index in [-0.39, 0.29) is 22.5 Å². The van der Waals surface area contributed by atoms with E-state index in [4.69, 9.17) is 5.73 Å². The van der Waals surface area contributed by atoms with Crippen molar-refractivity contribution in [3.05, 3.63) is 51.3 Å². The lowest BCUT2D eigenvalue weighted by Crippen LogP contribution is -2.25. The number of hydrogen-bond donors (Lipinski definition) is 2. The predicted molar refractivity (Wildman–Crippen MR) is 76.9 cm³/mol. The molecule has 0 spiro atoms. The molecule has 2 rings (SSSR count). The number of rotatable bonds is 4. The van der Waals surface area contributed by atoms with Crippen LogP contribution in [0.15, 0.2) is 24.4 Å². The van der Waals surface area contributed by atoms with Gasteiger partial charge in [-0.3, -0.25) is 19.6 Å². The fourth-order valence-corrected chi connectivity index (χ4v) is 2.03. The minimum absolute atomic E-state index is 0.0275. The van der Waals surface area contributed by atoms with Crippen molar-refractivity contribution in [2.45, 2.75) is 12.7 Å². The Morgan fingerprint density at radius 3 is 2.71 bits per heavy atom. The van der Waals surface area contributed by atoms with E-state index in [1.165, 1.54) is 13.1 Å². The lowest BCUT2D eigenvalue weighted by atomic mass is 10.1. The number of nitro benzene ring substituents is 1. The number of nitrogens with one attached hydrogen (secondary N) is 1. The van der Waals surface area contributed by atoms with Crippen molar-refractivity contribution in [3.8, 4) is 0 Å². The fraction of sp³-hybridized carbons (Fsp3) is 0.231. The molecule has 0 fully saturated rings. The number of nitrogens with two attached hydrogens (primary N) is 1. The molecule has 0 unspecified atom stereocenters. The maximum absolute atomic E-state index is 12.8. The first-order valence-corrected chi connectivity index (χ1v) is 6.51. The van der Waals surface area contributed by atoms with Gasteiger partial charge in [0, 0.05) is 43.2 Å². The largest absolute Gasteiger partial charge is 0.435 e. The second-order valence-corrected chi connectivity index (χ2v) is 4.89. The van der Waals surface area contributed by atoms with Crippen molar-refractivity contribution < 1.29 is 22.9 Å². The summed E-state index contributed by atoms with van der Waals surface area (Å²) < 4.78 is 39.5. The van der Waals surface area contributed by atoms with E-state index in [2.05, 4.69) is 10.4 Å². The Labute approximate surface area is 133 Å². The first-order chi connectivity index (χ1) is 11.1. The van der Waals surface area contributed by atoms with Gasteiger partial charge in [0.1, 0.15) is 0 Å². The van der Waals surface area contributed by atoms with Crippen LogP contribution in [0.4, 0.5) is 24.5 Å². The molecule has 1 aromatic carbocycles. The SMILES string of the molecule is Cn1cc(CNC(=O)c2cc([N+](=O)[O-])ccc2N)c(C(F)(F)F)n1. The van der Waals surface area contributed by atoms with E-state index in [9.17, 15) is 28.1 Å². The zero-order chi connectivity index (χ0) is 18.1. The fourth-order valence-electron chi connectivity index (χ4n) is 2.03. The van der Waals surface area contributed by atoms with Crippen LogP contribution in [0.25, 0.3) is 0 Å². The van der Waals surface area contributed by atoms with Gasteiger partial charge in [-0.15, -0.1) is 0 Å². The summed E-state index contributed by atoms with van der Waals surface area (Å²) in [5.74, 6) is -0.826. The van der Waals surface area contributed by atoms with Crippen LogP contribution < -0.4 is 11.1 Å². The Hall–Kier alpha value is -3.11. The van der Waals surface area contributed by atoms with Crippen molar-refractivity contribution in [3.63, 3.8) is 0 Å². The highest BCUT2D eigenvalue weighted by Crippen LogP contribution is 2.30. The second kappa shape index (κ2) is 6.18. The standard InChI is InChI=1S/C13H12F3N5O3/c1-20-6-7(11(19-20)13(14,15)16)5-18-12(22)9-4-8(21(23)24)2-3-10(9)17/h2-4,6H,5,17H2,1H3,(H,18,22). The van der Waals surface area contributed by atoms with Crippen LogP contribution >= 0.6 is 0 Å². The van der Waals surface area contributed by atoms with E-state index < -0.39 is 29.2 Å². The lowest BCUT2D eigenvalue weighted by Gasteiger charge is -2.09. The van der Waals surface area contributed by atoms with Crippen LogP contribution in [0, 0.1) is 10.1 Å². The smallest absolute Gasteiger partial charge is 0.398 e. The number of halogens is 3. The summed E-state index contributed by atoms with van der Waals surface area (Å²) in [4.78, 5) is 22.1. The van der Waals surface area contributed by atoms with Gasteiger partial charge in [-0.05, 0) is 6.07 Å². The zero-order valence-corrected chi connectivity index (χ0v) is 12.3. The highest BCUT2D eigenvalue weighted by Gasteiger charge is 2.36. The van der Waals surface area contributed by atoms with E-state index in [0.29, 0.717) is 0 Å². The van der Waals surface area contributed by atoms with Crippen LogP contribution in [-0.4, -0.2) is 20.6 Å². The van der Waals surface area contributed by atoms with Crippen LogP contribution in [0.5, 0.6) is 0 Å². The molecule has 0 bridgehead atoms. The summed E-state index contributed by atoms with van der Waals surface area (Å²) in [6, 6.07) is 3.26. The van der Waals surface area contributed by atoms with Gasteiger partial charge >= 0.3 is 6.18 Å². The number of non-ortho nitro benzene ring substituents is 1. The van der Waals surface area contributed by atoms with Crippen molar-refractivity contribution in [1.82, 2.24) is 15.1 Å². The number of benzene rings is 1. The Kier molecular flexibility index (Phi) is 4.44. The minimum Gasteiger partial charge on any atom is -0.398 e. The number of nitro groups is 1. The average molecular weight is 343 g/mol. The number of alkyl halides is 3. The quantitative estimate of drug-likeness (QED) is 0.499. The van der Waals surface area contributed by atoms with Crippen LogP contribution in [-0.2, 0) is 19.8 Å². The van der Waals surface area contributed by atoms with Gasteiger partial charge in [-0.1, -0.05) is 0 Å². The molecule has 0 saturated heterocycles. The molecule has 0 aliphatic rings. The highest BCUT2D eigenvalue weighted by molar-refractivity contribution is 5.99. The third kappa shape index (κ3) is 3.62. The Morgan fingerprint density at radius 2 is 2.12 bits per heavy atom. The molecule has 3 N–H and O–H groups in total. The third-order valence-electron chi connectivity index (χ3n) is 3.10. The average Bonchev–Trinajstić information content (AvgIpc) is 2.86. The summed E-state index contributed by atoms with van der Waals surface area (Å²) in [6.45, 7) is -0.455. The summed E-state index contributed by atoms with van der Waals surface area (Å²) in [5.41, 5.74) is 3.66. The molecule has 1 aromatic heterocycles. The van der Waals surface area contributed by atoms with E-state index in [0.717, 1.165) is 23.0 Å². The topological polar surface area (TPSA) is 116 Å². The molecule has 1 heterocycles. The number of nitrogen functional groups attached to an aromatic ring is 1. The highest BCUT2D eigenvalue weighted by atomic mass is 19.4. The Balaban J connectivity index is 2.20. The van der Waals surface area contributed by atoms with Gasteiger partial charge < -0.3 is 11.1 Å². The molecule has 8 nitrogen and oxygen atoms in total. The van der Waals surface area contributed by atoms with Crippen LogP contribution in [0.2, 0.25) is 0 Å². The number of nitrogens with zero attached hydrogens (tertiary/aromatic N) is 3. The molecule has 24 heavy (non-hydrogen) atoms. The first kappa shape index (κ1) is 17.2. The Morgan fingerprint density at radius 1 is 1.46 bits per heavy atom. The van der Waals surface area contributed by atoms with E-state index in [1.54, 1.807) is 0 Å². The van der Waals surface area contributed by atoms with Gasteiger partial charge in [-0.2, -0.15) is 18.3 Å². The summed E-state index contributed by atoms with van der Waals surface area (Å²) in [5, 5.41) is 16.3. The molecule has 0 radical (unpaired) electrons. The molecule has 0 atom stereocenters. The minimum atomic E-state index is -4.66. The number of amides is 1. The Bertz CT molecular complexity index is 801. The third-order valence-corrected chi connectivity index (χ3v) is 3.10. The molecule has 1 amide bonds. The number of aryl methyl sites for hydroxylation is 1. The van der Waals surface area contributed by atoms with Crippen molar-refractivity contribution in [1.29, 1.82) is 0 Å². The van der Waals surface area contributed by atoms with Gasteiger partial charge in [0.05, 0.1) is 10.5 Å². The van der Waals surface area contributed by atoms with E-state index in [1.807, 2.05) is 0 Å². The molecular weight excluding hydrogens is 331 g/mol. The van der Waals surface area contributed by atoms with Crippen molar-refractivity contribution in [2.24, 2.45) is 7.05 Å². The molecule has 0 saturated carbocycles.